The van der Waals surface area contributed by atoms with E-state index in [9.17, 15) is 9.59 Å². The van der Waals surface area contributed by atoms with Crippen molar-refractivity contribution in [2.24, 2.45) is 5.92 Å². The predicted molar refractivity (Wildman–Crippen MR) is 116 cm³/mol. The van der Waals surface area contributed by atoms with E-state index in [4.69, 9.17) is 21.1 Å². The Labute approximate surface area is 178 Å². The first-order chi connectivity index (χ1) is 13.5. The summed E-state index contributed by atoms with van der Waals surface area (Å²) >= 11 is 6.21. The van der Waals surface area contributed by atoms with Crippen LogP contribution in [-0.4, -0.2) is 36.9 Å². The molecule has 1 saturated carbocycles. The smallest absolute Gasteiger partial charge is 0.407 e. The third-order valence-electron chi connectivity index (χ3n) is 5.36. The summed E-state index contributed by atoms with van der Waals surface area (Å²) in [5.41, 5.74) is 1.66. The molecule has 7 heteroatoms. The predicted octanol–water partition coefficient (Wildman–Crippen LogP) is 5.32. The maximum atomic E-state index is 12.0. The number of alkyl carbamates (subject to hydrolysis) is 1. The zero-order valence-corrected chi connectivity index (χ0v) is 19.0. The van der Waals surface area contributed by atoms with Gasteiger partial charge in [-0.25, -0.2) is 9.59 Å². The minimum absolute atomic E-state index is 0.145. The van der Waals surface area contributed by atoms with Crippen molar-refractivity contribution in [3.8, 4) is 0 Å². The summed E-state index contributed by atoms with van der Waals surface area (Å²) in [5, 5.41) is 7.00. The molecular formula is C22H33ClN2O4. The number of hydrogen-bond acceptors (Lipinski definition) is 5. The average molecular weight is 425 g/mol. The largest absolute Gasteiger partial charge is 0.465 e. The number of carbonyl (C=O) groups is 2. The fourth-order valence-corrected chi connectivity index (χ4v) is 3.97. The zero-order valence-electron chi connectivity index (χ0n) is 18.2. The van der Waals surface area contributed by atoms with Gasteiger partial charge >= 0.3 is 12.1 Å². The molecule has 0 aliphatic heterocycles. The molecule has 0 aromatic heterocycles. The molecule has 2 N–H and O–H groups in total. The number of amides is 1. The molecule has 1 aliphatic carbocycles. The van der Waals surface area contributed by atoms with Crippen LogP contribution in [0.25, 0.3) is 0 Å². The Balaban J connectivity index is 1.93. The second-order valence-corrected chi connectivity index (χ2v) is 9.24. The Bertz CT molecular complexity index is 737. The molecule has 0 heterocycles. The van der Waals surface area contributed by atoms with E-state index in [1.165, 1.54) is 7.11 Å². The summed E-state index contributed by atoms with van der Waals surface area (Å²) in [6.07, 6.45) is 3.48. The molecule has 6 nitrogen and oxygen atoms in total. The Hall–Kier alpha value is -1.95. The summed E-state index contributed by atoms with van der Waals surface area (Å²) in [6.45, 7) is 9.62. The molecule has 162 valence electrons. The van der Waals surface area contributed by atoms with Gasteiger partial charge in [0, 0.05) is 22.8 Å². The molecule has 2 rings (SSSR count). The summed E-state index contributed by atoms with van der Waals surface area (Å²) < 4.78 is 10.2. The van der Waals surface area contributed by atoms with Gasteiger partial charge in [-0.05, 0) is 83.9 Å². The fraction of sp³-hybridized carbons (Fsp3) is 0.636. The van der Waals surface area contributed by atoms with Crippen molar-refractivity contribution in [1.82, 2.24) is 5.32 Å². The van der Waals surface area contributed by atoms with Gasteiger partial charge < -0.3 is 20.1 Å². The van der Waals surface area contributed by atoms with Gasteiger partial charge in [-0.2, -0.15) is 0 Å². The lowest BCUT2D eigenvalue weighted by molar-refractivity contribution is 0.0485. The van der Waals surface area contributed by atoms with Gasteiger partial charge in [0.15, 0.2) is 0 Å². The van der Waals surface area contributed by atoms with Crippen molar-refractivity contribution < 1.29 is 19.1 Å². The summed E-state index contributed by atoms with van der Waals surface area (Å²) in [7, 11) is 1.36. The fourth-order valence-electron chi connectivity index (χ4n) is 3.75. The second-order valence-electron chi connectivity index (χ2n) is 8.81. The summed E-state index contributed by atoms with van der Waals surface area (Å²) in [4.78, 5) is 24.0. The lowest BCUT2D eigenvalue weighted by atomic mass is 9.82. The van der Waals surface area contributed by atoms with Crippen molar-refractivity contribution >= 4 is 29.4 Å². The van der Waals surface area contributed by atoms with Gasteiger partial charge in [-0.3, -0.25) is 0 Å². The van der Waals surface area contributed by atoms with E-state index in [1.807, 2.05) is 33.8 Å². The van der Waals surface area contributed by atoms with Gasteiger partial charge in [0.1, 0.15) is 5.60 Å². The van der Waals surface area contributed by atoms with Crippen LogP contribution in [0.4, 0.5) is 10.5 Å². The molecule has 1 aromatic rings. The number of benzene rings is 1. The summed E-state index contributed by atoms with van der Waals surface area (Å²) in [6, 6.07) is 3.83. The molecular weight excluding hydrogens is 392 g/mol. The molecule has 0 spiro atoms. The van der Waals surface area contributed by atoms with E-state index >= 15 is 0 Å². The third-order valence-corrected chi connectivity index (χ3v) is 5.58. The molecule has 1 atom stereocenters. The number of rotatable bonds is 5. The number of anilines is 1. The zero-order chi connectivity index (χ0) is 21.8. The van der Waals surface area contributed by atoms with E-state index in [-0.39, 0.29) is 18.2 Å². The van der Waals surface area contributed by atoms with Gasteiger partial charge in [0.05, 0.1) is 12.7 Å². The quantitative estimate of drug-likeness (QED) is 0.625. The van der Waals surface area contributed by atoms with Crippen LogP contribution in [0.1, 0.15) is 69.3 Å². The Kier molecular flexibility index (Phi) is 7.80. The highest BCUT2D eigenvalue weighted by molar-refractivity contribution is 6.31. The first-order valence-corrected chi connectivity index (χ1v) is 10.5. The van der Waals surface area contributed by atoms with Crippen LogP contribution in [0, 0.1) is 12.8 Å². The van der Waals surface area contributed by atoms with Gasteiger partial charge in [0.25, 0.3) is 0 Å². The van der Waals surface area contributed by atoms with Crippen LogP contribution in [0.5, 0.6) is 0 Å². The van der Waals surface area contributed by atoms with Crippen LogP contribution >= 0.6 is 11.6 Å². The number of ether oxygens (including phenoxy) is 2. The van der Waals surface area contributed by atoms with Crippen molar-refractivity contribution in [2.45, 2.75) is 78.0 Å². The Morgan fingerprint density at radius 1 is 1.17 bits per heavy atom. The maximum absolute atomic E-state index is 12.0. The molecule has 1 aliphatic rings. The number of hydrogen-bond donors (Lipinski definition) is 2. The number of carbonyl (C=O) groups excluding carboxylic acids is 2. The van der Waals surface area contributed by atoms with Gasteiger partial charge in [-0.15, -0.1) is 0 Å². The molecule has 1 aromatic carbocycles. The van der Waals surface area contributed by atoms with Gasteiger partial charge in [-0.1, -0.05) is 11.6 Å². The number of nitrogens with one attached hydrogen (secondary N) is 2. The second kappa shape index (κ2) is 9.70. The Morgan fingerprint density at radius 3 is 2.34 bits per heavy atom. The average Bonchev–Trinajstić information content (AvgIpc) is 2.62. The van der Waals surface area contributed by atoms with E-state index in [2.05, 4.69) is 17.6 Å². The van der Waals surface area contributed by atoms with Crippen LogP contribution in [0.3, 0.4) is 0 Å². The van der Waals surface area contributed by atoms with Crippen molar-refractivity contribution in [3.05, 3.63) is 28.3 Å². The molecule has 0 saturated heterocycles. The first kappa shape index (κ1) is 23.3. The molecule has 29 heavy (non-hydrogen) atoms. The van der Waals surface area contributed by atoms with Crippen molar-refractivity contribution in [2.75, 3.05) is 12.4 Å². The normalized spacial score (nSPS) is 20.5. The van der Waals surface area contributed by atoms with E-state index in [1.54, 1.807) is 6.07 Å². The SMILES string of the molecule is COC(=O)c1cc(Cl)cc(NC(C)[C@H]2CC[C@H](NC(=O)OC(C)(C)C)CC2)c1C. The minimum Gasteiger partial charge on any atom is -0.465 e. The molecule has 0 bridgehead atoms. The van der Waals surface area contributed by atoms with E-state index in [0.717, 1.165) is 36.9 Å². The highest BCUT2D eigenvalue weighted by Crippen LogP contribution is 2.31. The minimum atomic E-state index is -0.489. The lowest BCUT2D eigenvalue weighted by Crippen LogP contribution is -2.42. The topological polar surface area (TPSA) is 76.7 Å². The van der Waals surface area contributed by atoms with E-state index < -0.39 is 11.6 Å². The van der Waals surface area contributed by atoms with Crippen LogP contribution in [-0.2, 0) is 9.47 Å². The number of esters is 1. The van der Waals surface area contributed by atoms with E-state index in [0.29, 0.717) is 16.5 Å². The van der Waals surface area contributed by atoms with Gasteiger partial charge in [0.2, 0.25) is 0 Å². The molecule has 1 fully saturated rings. The number of halogens is 1. The summed E-state index contributed by atoms with van der Waals surface area (Å²) in [5.74, 6) is 0.0704. The van der Waals surface area contributed by atoms with Crippen LogP contribution in [0.15, 0.2) is 12.1 Å². The highest BCUT2D eigenvalue weighted by atomic mass is 35.5. The van der Waals surface area contributed by atoms with Crippen LogP contribution in [0.2, 0.25) is 5.02 Å². The molecule has 1 amide bonds. The Morgan fingerprint density at radius 2 is 1.79 bits per heavy atom. The number of methoxy groups -OCH3 is 1. The lowest BCUT2D eigenvalue weighted by Gasteiger charge is -2.34. The highest BCUT2D eigenvalue weighted by Gasteiger charge is 2.28. The van der Waals surface area contributed by atoms with Crippen molar-refractivity contribution in [3.63, 3.8) is 0 Å². The third kappa shape index (κ3) is 6.81. The van der Waals surface area contributed by atoms with Crippen LogP contribution < -0.4 is 10.6 Å². The molecule has 1 unspecified atom stereocenters. The maximum Gasteiger partial charge on any atom is 0.407 e. The monoisotopic (exact) mass is 424 g/mol. The molecule has 0 radical (unpaired) electrons. The first-order valence-electron chi connectivity index (χ1n) is 10.1. The standard InChI is InChI=1S/C22H33ClN2O4/c1-13-18(20(26)28-6)11-16(23)12-19(13)24-14(2)15-7-9-17(10-8-15)25-21(27)29-22(3,4)5/h11-12,14-15,17,24H,7-10H2,1-6H3,(H,25,27)/t14?,15-,17-. The van der Waals surface area contributed by atoms with Crippen molar-refractivity contribution in [1.29, 1.82) is 0 Å².